The maximum atomic E-state index is 13.4. The van der Waals surface area contributed by atoms with Crippen LogP contribution in [0.4, 0.5) is 26.7 Å². The fraction of sp³-hybridized carbons (Fsp3) is 0.771. The summed E-state index contributed by atoms with van der Waals surface area (Å²) in [7, 11) is -1.50. The first kappa shape index (κ1) is 34.8. The van der Waals surface area contributed by atoms with Crippen LogP contribution in [0.25, 0.3) is 0 Å². The summed E-state index contributed by atoms with van der Waals surface area (Å²) >= 11 is 0. The Morgan fingerprint density at radius 1 is 1.06 bits per heavy atom. The molecule has 47 heavy (non-hydrogen) atoms. The Hall–Kier alpha value is -2.08. The summed E-state index contributed by atoms with van der Waals surface area (Å²) < 4.78 is 88.6. The molecular formula is C35H46F5NO5S. The van der Waals surface area contributed by atoms with Gasteiger partial charge in [-0.2, -0.15) is 22.0 Å². The molecule has 6 nitrogen and oxygen atoms in total. The van der Waals surface area contributed by atoms with E-state index in [0.717, 1.165) is 49.7 Å². The number of ketones is 1. The Morgan fingerprint density at radius 2 is 1.77 bits per heavy atom. The van der Waals surface area contributed by atoms with Gasteiger partial charge in [0, 0.05) is 40.6 Å². The highest BCUT2D eigenvalue weighted by Gasteiger charge is 2.58. The lowest BCUT2D eigenvalue weighted by atomic mass is 9.52. The van der Waals surface area contributed by atoms with Gasteiger partial charge in [-0.15, -0.1) is 0 Å². The molecule has 1 aromatic rings. The van der Waals surface area contributed by atoms with Gasteiger partial charge in [0.25, 0.3) is 0 Å². The number of morpholine rings is 1. The van der Waals surface area contributed by atoms with Crippen LogP contribution in [0.1, 0.15) is 101 Å². The van der Waals surface area contributed by atoms with Crippen molar-refractivity contribution >= 4 is 22.7 Å². The zero-order chi connectivity index (χ0) is 33.7. The second kappa shape index (κ2) is 13.3. The molecule has 2 heterocycles. The van der Waals surface area contributed by atoms with Crippen molar-refractivity contribution in [1.82, 2.24) is 4.90 Å². The van der Waals surface area contributed by atoms with E-state index in [9.17, 15) is 35.8 Å². The number of Topliss-reactive ketones (excluding diaryl/α,β-unsaturated/α-hetero) is 1. The normalized spacial score (nSPS) is 32.5. The number of hydrogen-bond acceptors (Lipinski definition) is 5. The lowest BCUT2D eigenvalue weighted by Gasteiger charge is -2.52. The van der Waals surface area contributed by atoms with Crippen molar-refractivity contribution < 1.29 is 45.2 Å². The summed E-state index contributed by atoms with van der Waals surface area (Å²) in [5.74, 6) is -2.91. The minimum atomic E-state index is -5.60. The van der Waals surface area contributed by atoms with E-state index in [1.165, 1.54) is 5.56 Å². The van der Waals surface area contributed by atoms with Crippen LogP contribution in [0.15, 0.2) is 12.1 Å². The second-order valence-corrected chi connectivity index (χ2v) is 16.4. The van der Waals surface area contributed by atoms with Crippen LogP contribution in [0.2, 0.25) is 0 Å². The molecule has 3 aliphatic carbocycles. The number of alkyl halides is 5. The first-order chi connectivity index (χ1) is 22.2. The van der Waals surface area contributed by atoms with Gasteiger partial charge in [0.2, 0.25) is 0 Å². The molecule has 2 saturated heterocycles. The van der Waals surface area contributed by atoms with Crippen molar-refractivity contribution in [2.75, 3.05) is 24.7 Å². The zero-order valence-corrected chi connectivity index (χ0v) is 28.0. The number of aryl methyl sites for hydroxylation is 1. The first-order valence-electron chi connectivity index (χ1n) is 17.3. The van der Waals surface area contributed by atoms with Gasteiger partial charge in [-0.05, 0) is 111 Å². The number of carbonyl (C=O) groups excluding carboxylic acids is 2. The standard InChI is InChI=1S/C35H46F5NO5S/c1-3-21-17-27-23(18-29(21)46-32(43)41-24-7-8-25(41)20-45-19-24)16-22(31-26(27)11-13-33(2)28(31)9-10-30(33)42)6-4-14-47(44)15-5-12-34(36,37)35(38,39)40/h17-18,22,24-26,28,31H,3-16,19-20H2,1-2H3/t22-,24?,25?,26-,28+,31-,33+,47?/m1/s1. The quantitative estimate of drug-likeness (QED) is 0.235. The second-order valence-electron chi connectivity index (χ2n) is 14.7. The Bertz CT molecular complexity index is 1370. The molecule has 0 spiro atoms. The van der Waals surface area contributed by atoms with Gasteiger partial charge >= 0.3 is 18.2 Å². The minimum absolute atomic E-state index is 0.0337. The minimum Gasteiger partial charge on any atom is -0.410 e. The van der Waals surface area contributed by atoms with Crippen molar-refractivity contribution in [2.24, 2.45) is 23.2 Å². The van der Waals surface area contributed by atoms with Crippen LogP contribution in [0.5, 0.6) is 5.75 Å². The van der Waals surface area contributed by atoms with Crippen molar-refractivity contribution in [3.05, 3.63) is 28.8 Å². The fourth-order valence-corrected chi connectivity index (χ4v) is 10.7. The Morgan fingerprint density at radius 3 is 2.45 bits per heavy atom. The summed E-state index contributed by atoms with van der Waals surface area (Å²) in [6, 6.07) is 4.31. The van der Waals surface area contributed by atoms with Gasteiger partial charge in [-0.3, -0.25) is 13.9 Å². The molecule has 0 N–H and O–H groups in total. The predicted molar refractivity (Wildman–Crippen MR) is 167 cm³/mol. The molecular weight excluding hydrogens is 641 g/mol. The van der Waals surface area contributed by atoms with Crippen molar-refractivity contribution in [1.29, 1.82) is 0 Å². The molecule has 1 aromatic carbocycles. The van der Waals surface area contributed by atoms with Gasteiger partial charge in [0.15, 0.2) is 0 Å². The van der Waals surface area contributed by atoms with Gasteiger partial charge in [0.1, 0.15) is 11.5 Å². The van der Waals surface area contributed by atoms with E-state index in [-0.39, 0.29) is 58.8 Å². The Kier molecular flexibility index (Phi) is 9.86. The van der Waals surface area contributed by atoms with Crippen LogP contribution in [-0.2, 0) is 33.2 Å². The third-order valence-electron chi connectivity index (χ3n) is 12.0. The SMILES string of the molecule is CCc1cc2c(cc1OC(=O)N1C3CCC1COC3)C[C@@H](CCCS(=O)CCCC(F)(F)C(F)(F)F)[C@@H]1[C@@H]2CC[C@]2(C)C(=O)CC[C@@H]12. The highest BCUT2D eigenvalue weighted by Crippen LogP contribution is 2.62. The molecule has 6 rings (SSSR count). The lowest BCUT2D eigenvalue weighted by molar-refractivity contribution is -0.284. The average Bonchev–Trinajstić information content (AvgIpc) is 3.46. The highest BCUT2D eigenvalue weighted by molar-refractivity contribution is 7.84. The average molecular weight is 688 g/mol. The number of amides is 1. The maximum absolute atomic E-state index is 13.4. The summed E-state index contributed by atoms with van der Waals surface area (Å²) in [6.07, 6.45) is -0.126. The fourth-order valence-electron chi connectivity index (χ4n) is 9.56. The van der Waals surface area contributed by atoms with Crippen LogP contribution in [0, 0.1) is 23.2 Å². The highest BCUT2D eigenvalue weighted by atomic mass is 32.2. The molecule has 5 aliphatic rings. The van der Waals surface area contributed by atoms with Crippen molar-refractivity contribution in [2.45, 2.75) is 121 Å². The monoisotopic (exact) mass is 687 g/mol. The summed E-state index contributed by atoms with van der Waals surface area (Å²) in [6.45, 7) is 5.21. The van der Waals surface area contributed by atoms with E-state index in [1.54, 1.807) is 0 Å². The van der Waals surface area contributed by atoms with Crippen LogP contribution < -0.4 is 4.74 Å². The number of ether oxygens (including phenoxy) is 2. The molecule has 0 radical (unpaired) electrons. The van der Waals surface area contributed by atoms with Crippen molar-refractivity contribution in [3.8, 4) is 5.75 Å². The van der Waals surface area contributed by atoms with E-state index >= 15 is 0 Å². The molecule has 2 aliphatic heterocycles. The smallest absolute Gasteiger partial charge is 0.410 e. The van der Waals surface area contributed by atoms with Gasteiger partial charge in [-0.1, -0.05) is 19.9 Å². The van der Waals surface area contributed by atoms with Gasteiger partial charge in [0.05, 0.1) is 25.3 Å². The van der Waals surface area contributed by atoms with E-state index in [4.69, 9.17) is 9.47 Å². The Labute approximate surface area is 275 Å². The summed E-state index contributed by atoms with van der Waals surface area (Å²) in [5.41, 5.74) is 3.02. The summed E-state index contributed by atoms with van der Waals surface area (Å²) in [5, 5.41) is 0. The molecule has 1 amide bonds. The molecule has 4 fully saturated rings. The number of hydrogen-bond donors (Lipinski definition) is 0. The molecule has 2 saturated carbocycles. The lowest BCUT2D eigenvalue weighted by Crippen LogP contribution is -2.50. The molecule has 2 bridgehead atoms. The van der Waals surface area contributed by atoms with Crippen molar-refractivity contribution in [3.63, 3.8) is 0 Å². The largest absolute Gasteiger partial charge is 0.453 e. The molecule has 8 atom stereocenters. The number of carbonyl (C=O) groups is 2. The van der Waals surface area contributed by atoms with Gasteiger partial charge < -0.3 is 9.47 Å². The number of fused-ring (bicyclic) bond motifs is 7. The zero-order valence-electron chi connectivity index (χ0n) is 27.2. The molecule has 3 unspecified atom stereocenters. The number of halogens is 5. The number of rotatable bonds is 10. The number of benzene rings is 1. The van der Waals surface area contributed by atoms with E-state index < -0.39 is 35.7 Å². The van der Waals surface area contributed by atoms with Crippen LogP contribution in [-0.4, -0.2) is 69.9 Å². The van der Waals surface area contributed by atoms with Crippen LogP contribution >= 0.6 is 0 Å². The topological polar surface area (TPSA) is 72.9 Å². The van der Waals surface area contributed by atoms with E-state index in [0.29, 0.717) is 50.4 Å². The molecule has 12 heteroatoms. The van der Waals surface area contributed by atoms with Gasteiger partial charge in [-0.25, -0.2) is 4.79 Å². The Balaban J connectivity index is 1.18. The first-order valence-corrected chi connectivity index (χ1v) is 18.8. The maximum Gasteiger partial charge on any atom is 0.453 e. The molecule has 0 aromatic heterocycles. The van der Waals surface area contributed by atoms with E-state index in [1.807, 2.05) is 11.0 Å². The van der Waals surface area contributed by atoms with Crippen LogP contribution in [0.3, 0.4) is 0 Å². The third-order valence-corrected chi connectivity index (χ3v) is 13.5. The van der Waals surface area contributed by atoms with E-state index in [2.05, 4.69) is 19.9 Å². The molecule has 262 valence electrons. The summed E-state index contributed by atoms with van der Waals surface area (Å²) in [4.78, 5) is 28.4. The third kappa shape index (κ3) is 6.63. The predicted octanol–water partition coefficient (Wildman–Crippen LogP) is 7.77. The number of nitrogens with zero attached hydrogens (tertiary/aromatic N) is 1.